The molecule has 0 aliphatic carbocycles. The van der Waals surface area contributed by atoms with E-state index in [1.54, 1.807) is 12.1 Å². The third-order valence-corrected chi connectivity index (χ3v) is 6.88. The van der Waals surface area contributed by atoms with Gasteiger partial charge in [0.2, 0.25) is 0 Å². The number of benzene rings is 3. The van der Waals surface area contributed by atoms with Crippen LogP contribution in [0.4, 0.5) is 8.78 Å². The van der Waals surface area contributed by atoms with Gasteiger partial charge in [-0.1, -0.05) is 35.9 Å². The molecule has 7 heteroatoms. The summed E-state index contributed by atoms with van der Waals surface area (Å²) >= 11 is 5.99. The summed E-state index contributed by atoms with van der Waals surface area (Å²) < 4.78 is 32.7. The summed E-state index contributed by atoms with van der Waals surface area (Å²) in [5.41, 5.74) is 2.25. The Morgan fingerprint density at radius 2 is 1.67 bits per heavy atom. The average molecular weight is 514 g/mol. The second kappa shape index (κ2) is 12.4. The van der Waals surface area contributed by atoms with E-state index in [9.17, 15) is 18.7 Å². The van der Waals surface area contributed by atoms with Gasteiger partial charge >= 0.3 is 0 Å². The number of hydrogen-bond acceptors (Lipinski definition) is 4. The van der Waals surface area contributed by atoms with Crippen LogP contribution in [0, 0.1) is 11.6 Å². The predicted molar refractivity (Wildman–Crippen MR) is 137 cm³/mol. The fourth-order valence-corrected chi connectivity index (χ4v) is 4.74. The number of ketones is 1. The summed E-state index contributed by atoms with van der Waals surface area (Å²) in [6.45, 7) is 2.20. The minimum atomic E-state index is -0.746. The zero-order valence-corrected chi connectivity index (χ0v) is 20.8. The number of carbonyl (C=O) groups is 1. The van der Waals surface area contributed by atoms with Crippen molar-refractivity contribution in [2.45, 2.75) is 37.7 Å². The molecule has 1 N–H and O–H groups in total. The Morgan fingerprint density at radius 3 is 2.36 bits per heavy atom. The van der Waals surface area contributed by atoms with Crippen molar-refractivity contribution in [2.75, 3.05) is 26.2 Å². The lowest BCUT2D eigenvalue weighted by Crippen LogP contribution is -2.40. The third-order valence-electron chi connectivity index (χ3n) is 6.63. The molecule has 0 radical (unpaired) electrons. The highest BCUT2D eigenvalue weighted by Gasteiger charge is 2.23. The molecule has 1 aliphatic rings. The van der Waals surface area contributed by atoms with Crippen LogP contribution in [0.25, 0.3) is 0 Å². The summed E-state index contributed by atoms with van der Waals surface area (Å²) in [6.07, 6.45) is 1.80. The highest BCUT2D eigenvalue weighted by molar-refractivity contribution is 6.30. The van der Waals surface area contributed by atoms with Gasteiger partial charge in [0, 0.05) is 18.0 Å². The Balaban J connectivity index is 1.27. The van der Waals surface area contributed by atoms with Crippen LogP contribution in [0.1, 0.15) is 46.7 Å². The van der Waals surface area contributed by atoms with Crippen molar-refractivity contribution in [3.63, 3.8) is 0 Å². The topological polar surface area (TPSA) is 49.8 Å². The second-order valence-corrected chi connectivity index (χ2v) is 9.72. The van der Waals surface area contributed by atoms with Crippen LogP contribution in [0.2, 0.25) is 5.02 Å². The minimum absolute atomic E-state index is 0.000980. The van der Waals surface area contributed by atoms with E-state index in [1.807, 2.05) is 12.1 Å². The van der Waals surface area contributed by atoms with E-state index in [-0.39, 0.29) is 35.9 Å². The molecule has 190 valence electrons. The van der Waals surface area contributed by atoms with Gasteiger partial charge in [-0.3, -0.25) is 4.79 Å². The molecule has 0 bridgehead atoms. The highest BCUT2D eigenvalue weighted by Crippen LogP contribution is 2.29. The lowest BCUT2D eigenvalue weighted by molar-refractivity contribution is 0.0588. The molecule has 1 aliphatic heterocycles. The molecule has 1 unspecified atom stereocenters. The number of Topliss-reactive ketones (excluding diaryl/α,β-unsaturated/α-hetero) is 1. The van der Waals surface area contributed by atoms with Gasteiger partial charge in [-0.15, -0.1) is 0 Å². The van der Waals surface area contributed by atoms with E-state index < -0.39 is 11.9 Å². The quantitative estimate of drug-likeness (QED) is 0.335. The number of aryl methyl sites for hydroxylation is 1. The molecule has 4 nitrogen and oxygen atoms in total. The van der Waals surface area contributed by atoms with E-state index in [1.165, 1.54) is 29.8 Å². The van der Waals surface area contributed by atoms with Crippen LogP contribution in [-0.2, 0) is 6.42 Å². The zero-order valence-electron chi connectivity index (χ0n) is 20.0. The van der Waals surface area contributed by atoms with Gasteiger partial charge in [-0.25, -0.2) is 8.78 Å². The number of nitrogens with zero attached hydrogens (tertiary/aromatic N) is 1. The lowest BCUT2D eigenvalue weighted by atomic mass is 9.89. The van der Waals surface area contributed by atoms with E-state index >= 15 is 0 Å². The fourth-order valence-electron chi connectivity index (χ4n) is 4.61. The average Bonchev–Trinajstić information content (AvgIpc) is 2.88. The molecule has 0 saturated carbocycles. The molecular weight excluding hydrogens is 484 g/mol. The number of likely N-dealkylation sites (tertiary alicyclic amines) is 1. The first kappa shape index (κ1) is 26.3. The van der Waals surface area contributed by atoms with Gasteiger partial charge in [0.15, 0.2) is 5.78 Å². The van der Waals surface area contributed by atoms with Crippen molar-refractivity contribution in [1.29, 1.82) is 0 Å². The monoisotopic (exact) mass is 513 g/mol. The largest absolute Gasteiger partial charge is 0.490 e. The Kier molecular flexibility index (Phi) is 9.08. The summed E-state index contributed by atoms with van der Waals surface area (Å²) in [6, 6.07) is 17.8. The van der Waals surface area contributed by atoms with Crippen LogP contribution < -0.4 is 4.74 Å². The molecule has 3 aromatic rings. The van der Waals surface area contributed by atoms with Crippen molar-refractivity contribution in [2.24, 2.45) is 0 Å². The summed E-state index contributed by atoms with van der Waals surface area (Å²) in [5.74, 6) is -0.407. The molecular formula is C29H30ClF2NO3. The summed E-state index contributed by atoms with van der Waals surface area (Å²) in [4.78, 5) is 15.0. The number of carbonyl (C=O) groups excluding carboxylic acids is 1. The Morgan fingerprint density at radius 1 is 1.00 bits per heavy atom. The normalized spacial score (nSPS) is 15.6. The van der Waals surface area contributed by atoms with Gasteiger partial charge < -0.3 is 14.7 Å². The van der Waals surface area contributed by atoms with Crippen molar-refractivity contribution in [3.05, 3.63) is 100 Å². The molecule has 0 amide bonds. The first-order valence-corrected chi connectivity index (χ1v) is 12.6. The van der Waals surface area contributed by atoms with Gasteiger partial charge in [-0.2, -0.15) is 0 Å². The molecule has 0 spiro atoms. The number of hydrogen-bond donors (Lipinski definition) is 1. The van der Waals surface area contributed by atoms with Crippen LogP contribution in [0.3, 0.4) is 0 Å². The van der Waals surface area contributed by atoms with Crippen molar-refractivity contribution >= 4 is 17.4 Å². The maximum absolute atomic E-state index is 13.9. The maximum Gasteiger partial charge on any atom is 0.167 e. The van der Waals surface area contributed by atoms with E-state index in [0.29, 0.717) is 18.9 Å². The number of ether oxygens (including phenoxy) is 1. The van der Waals surface area contributed by atoms with Crippen LogP contribution >= 0.6 is 11.6 Å². The van der Waals surface area contributed by atoms with Gasteiger partial charge in [0.1, 0.15) is 30.1 Å². The Hall–Kier alpha value is -2.80. The molecule has 1 saturated heterocycles. The SMILES string of the molecule is O=C(CCc1ccc(F)cc1)c1cc(F)ccc1OCC(O)CN1CCC(c2ccc(Cl)cc2)CC1. The molecule has 0 aromatic heterocycles. The standard InChI is InChI=1S/C29H30ClF2NO3/c30-23-6-4-21(5-7-23)22-13-15-33(16-14-22)18-26(34)19-36-29-12-10-25(32)17-27(29)28(35)11-3-20-1-8-24(31)9-2-20/h1-2,4-10,12,17,22,26,34H,3,11,13-16,18-19H2. The van der Waals surface area contributed by atoms with Crippen molar-refractivity contribution in [1.82, 2.24) is 4.90 Å². The molecule has 1 heterocycles. The van der Waals surface area contributed by atoms with Crippen molar-refractivity contribution in [3.8, 4) is 5.75 Å². The highest BCUT2D eigenvalue weighted by atomic mass is 35.5. The van der Waals surface area contributed by atoms with Crippen LogP contribution in [-0.4, -0.2) is 48.1 Å². The number of aliphatic hydroxyl groups excluding tert-OH is 1. The van der Waals surface area contributed by atoms with Gasteiger partial charge in [-0.05, 0) is 91.9 Å². The molecule has 1 fully saturated rings. The molecule has 3 aromatic carbocycles. The number of halogens is 3. The molecule has 36 heavy (non-hydrogen) atoms. The van der Waals surface area contributed by atoms with Crippen LogP contribution in [0.15, 0.2) is 66.7 Å². The number of piperidine rings is 1. The predicted octanol–water partition coefficient (Wildman–Crippen LogP) is 6.05. The van der Waals surface area contributed by atoms with Crippen molar-refractivity contribution < 1.29 is 23.4 Å². The van der Waals surface area contributed by atoms with E-state index in [0.717, 1.165) is 42.6 Å². The fraction of sp³-hybridized carbons (Fsp3) is 0.345. The van der Waals surface area contributed by atoms with E-state index in [2.05, 4.69) is 17.0 Å². The first-order chi connectivity index (χ1) is 17.4. The lowest BCUT2D eigenvalue weighted by Gasteiger charge is -2.33. The smallest absolute Gasteiger partial charge is 0.167 e. The minimum Gasteiger partial charge on any atom is -0.490 e. The first-order valence-electron chi connectivity index (χ1n) is 12.2. The molecule has 4 rings (SSSR count). The zero-order chi connectivity index (χ0) is 25.5. The third kappa shape index (κ3) is 7.36. The summed E-state index contributed by atoms with van der Waals surface area (Å²) in [7, 11) is 0. The Bertz CT molecular complexity index is 1150. The summed E-state index contributed by atoms with van der Waals surface area (Å²) in [5, 5.41) is 11.3. The number of aliphatic hydroxyl groups is 1. The Labute approximate surface area is 215 Å². The number of β-amino-alcohol motifs (C(OH)–C–C–N with tert-alkyl or cyclic N) is 1. The van der Waals surface area contributed by atoms with E-state index in [4.69, 9.17) is 16.3 Å². The maximum atomic E-state index is 13.9. The second-order valence-electron chi connectivity index (χ2n) is 9.28. The van der Waals surface area contributed by atoms with Gasteiger partial charge in [0.25, 0.3) is 0 Å². The van der Waals surface area contributed by atoms with Gasteiger partial charge in [0.05, 0.1) is 5.56 Å². The molecule has 1 atom stereocenters. The van der Waals surface area contributed by atoms with Crippen LogP contribution in [0.5, 0.6) is 5.75 Å². The number of rotatable bonds is 10.